The van der Waals surface area contributed by atoms with E-state index >= 15 is 0 Å². The fraction of sp³-hybridized carbons (Fsp3) is 0.419. The number of aliphatic hydroxyl groups is 8. The molecular formula is C62H73N8O20+. The Hall–Kier alpha value is -8.52. The molecule has 0 saturated carbocycles. The minimum Gasteiger partial charge on any atom is -0.478 e. The highest BCUT2D eigenvalue weighted by atomic mass is 16.7. The zero-order valence-corrected chi connectivity index (χ0v) is 49.5. The van der Waals surface area contributed by atoms with Crippen LogP contribution in [-0.2, 0) is 66.1 Å². The van der Waals surface area contributed by atoms with Gasteiger partial charge >= 0.3 is 12.1 Å². The van der Waals surface area contributed by atoms with E-state index in [0.717, 1.165) is 46.6 Å². The maximum Gasteiger partial charge on any atom is 0.413 e. The van der Waals surface area contributed by atoms with Crippen molar-refractivity contribution < 1.29 is 103 Å². The van der Waals surface area contributed by atoms with Gasteiger partial charge in [-0.05, 0) is 66.1 Å². The SMILES string of the molecule is CCCCc1nc2c(NC(=O)OCc3ccc(O[C@H]4O[C@H](CO)[C@@H](O)[C@H](O)[C@@H]4O)cc3)nc3cc(C(=O)O)ccc3c2n1Cc1ccc(C[N+](C)(C)Cc2ccc(O[C@H]3O[C@H](CO)[C@@H](O)[C@H](O)[C@@H]3O)c(NC(=O)CCNC(=O)CCN3C(=O)C=CC3=O)c2)cc1. The van der Waals surface area contributed by atoms with Crippen molar-refractivity contribution in [3.05, 3.63) is 131 Å². The van der Waals surface area contributed by atoms with Crippen molar-refractivity contribution in [1.82, 2.24) is 24.8 Å². The van der Waals surface area contributed by atoms with Gasteiger partial charge in [0.15, 0.2) is 5.82 Å². The van der Waals surface area contributed by atoms with Crippen molar-refractivity contribution in [3.8, 4) is 11.5 Å². The number of rotatable bonds is 26. The molecule has 2 aromatic heterocycles. The number of quaternary nitrogens is 1. The van der Waals surface area contributed by atoms with Crippen molar-refractivity contribution >= 4 is 69.1 Å². The van der Waals surface area contributed by atoms with Gasteiger partial charge in [0.1, 0.15) is 91.4 Å². The van der Waals surface area contributed by atoms with E-state index in [4.69, 9.17) is 33.7 Å². The second kappa shape index (κ2) is 29.0. The van der Waals surface area contributed by atoms with Gasteiger partial charge in [0, 0.05) is 67.6 Å². The van der Waals surface area contributed by atoms with Gasteiger partial charge in [-0.2, -0.15) is 0 Å². The van der Waals surface area contributed by atoms with Gasteiger partial charge in [-0.1, -0.05) is 49.7 Å². The average Bonchev–Trinajstić information content (AvgIpc) is 1.56. The molecule has 12 N–H and O–H groups in total. The van der Waals surface area contributed by atoms with Crippen LogP contribution in [0.3, 0.4) is 0 Å². The monoisotopic (exact) mass is 1250 g/mol. The highest BCUT2D eigenvalue weighted by Crippen LogP contribution is 2.35. The van der Waals surface area contributed by atoms with E-state index < -0.39 is 110 Å². The quantitative estimate of drug-likeness (QED) is 0.0269. The Kier molecular flexibility index (Phi) is 21.2. The molecule has 6 aromatic rings. The molecular weight excluding hydrogens is 1180 g/mol. The number of hydrogen-bond donors (Lipinski definition) is 12. The molecule has 28 heteroatoms. The van der Waals surface area contributed by atoms with Gasteiger partial charge in [0.2, 0.25) is 24.4 Å². The van der Waals surface area contributed by atoms with Crippen LogP contribution in [0.1, 0.15) is 71.0 Å². The zero-order valence-electron chi connectivity index (χ0n) is 49.5. The number of carboxylic acid groups (broad SMARTS) is 1. The maximum atomic E-state index is 13.6. The molecule has 28 nitrogen and oxygen atoms in total. The van der Waals surface area contributed by atoms with Crippen LogP contribution in [0.2, 0.25) is 0 Å². The Morgan fingerprint density at radius 1 is 0.678 bits per heavy atom. The Morgan fingerprint density at radius 2 is 1.29 bits per heavy atom. The van der Waals surface area contributed by atoms with E-state index in [1.807, 2.05) is 42.9 Å². The first-order chi connectivity index (χ1) is 43.0. The number of aryl methyl sites for hydroxylation is 1. The lowest BCUT2D eigenvalue weighted by Crippen LogP contribution is -2.60. The minimum absolute atomic E-state index is 0.0203. The summed E-state index contributed by atoms with van der Waals surface area (Å²) in [6.45, 7) is 1.55. The number of anilines is 2. The molecule has 0 aliphatic carbocycles. The first-order valence-corrected chi connectivity index (χ1v) is 29.2. The first kappa shape index (κ1) is 65.9. The molecule has 0 unspecified atom stereocenters. The lowest BCUT2D eigenvalue weighted by Gasteiger charge is -2.39. The number of carbonyl (C=O) groups excluding carboxylic acids is 5. The molecule has 0 radical (unpaired) electrons. The summed E-state index contributed by atoms with van der Waals surface area (Å²) in [6, 6.07) is 23.7. The van der Waals surface area contributed by atoms with Gasteiger partial charge in [0.25, 0.3) is 11.8 Å². The zero-order chi connectivity index (χ0) is 64.6. The molecule has 4 aromatic carbocycles. The Bertz CT molecular complexity index is 3600. The van der Waals surface area contributed by atoms with Crippen LogP contribution < -0.4 is 25.4 Å². The first-order valence-electron chi connectivity index (χ1n) is 29.2. The van der Waals surface area contributed by atoms with E-state index in [1.54, 1.807) is 36.4 Å². The number of benzene rings is 4. The summed E-state index contributed by atoms with van der Waals surface area (Å²) < 4.78 is 30.7. The number of ether oxygens (including phenoxy) is 5. The number of unbranched alkanes of at least 4 members (excludes halogenated alkanes) is 1. The largest absolute Gasteiger partial charge is 0.478 e. The fourth-order valence-corrected chi connectivity index (χ4v) is 10.7. The van der Waals surface area contributed by atoms with Gasteiger partial charge in [-0.25, -0.2) is 19.6 Å². The second-order valence-electron chi connectivity index (χ2n) is 22.8. The Balaban J connectivity index is 0.891. The Labute approximate surface area is 515 Å². The van der Waals surface area contributed by atoms with Gasteiger partial charge < -0.3 is 89.3 Å². The number of imide groups is 1. The molecule has 10 atom stereocenters. The molecule has 5 heterocycles. The molecule has 480 valence electrons. The molecule has 3 aliphatic rings. The van der Waals surface area contributed by atoms with Gasteiger partial charge in [-0.15, -0.1) is 0 Å². The molecule has 0 spiro atoms. The Morgan fingerprint density at radius 3 is 1.92 bits per heavy atom. The molecule has 2 fully saturated rings. The summed E-state index contributed by atoms with van der Waals surface area (Å²) in [5.74, 6) is -2.30. The number of hydrogen-bond acceptors (Lipinski definition) is 21. The molecule has 3 aliphatic heterocycles. The number of fused-ring (bicyclic) bond motifs is 3. The van der Waals surface area contributed by atoms with Crippen LogP contribution in [0.4, 0.5) is 16.3 Å². The fourth-order valence-electron chi connectivity index (χ4n) is 10.7. The van der Waals surface area contributed by atoms with E-state index in [0.29, 0.717) is 58.3 Å². The summed E-state index contributed by atoms with van der Waals surface area (Å²) in [6.07, 6.45) is -12.2. The van der Waals surface area contributed by atoms with Gasteiger partial charge in [-0.3, -0.25) is 29.4 Å². The topological polar surface area (TPSA) is 401 Å². The van der Waals surface area contributed by atoms with E-state index in [-0.39, 0.29) is 66.6 Å². The van der Waals surface area contributed by atoms with Crippen LogP contribution >= 0.6 is 0 Å². The van der Waals surface area contributed by atoms with Crippen molar-refractivity contribution in [2.45, 2.75) is 127 Å². The lowest BCUT2D eigenvalue weighted by atomic mass is 9.99. The van der Waals surface area contributed by atoms with Crippen LogP contribution in [0.25, 0.3) is 21.9 Å². The van der Waals surface area contributed by atoms with Crippen LogP contribution in [0, 0.1) is 0 Å². The van der Waals surface area contributed by atoms with E-state index in [2.05, 4.69) is 22.9 Å². The maximum absolute atomic E-state index is 13.6. The lowest BCUT2D eigenvalue weighted by molar-refractivity contribution is -0.916. The van der Waals surface area contributed by atoms with Crippen LogP contribution in [0.5, 0.6) is 11.5 Å². The third kappa shape index (κ3) is 15.7. The predicted octanol–water partition coefficient (Wildman–Crippen LogP) is 1.32. The number of carboxylic acids is 1. The van der Waals surface area contributed by atoms with Crippen molar-refractivity contribution in [1.29, 1.82) is 0 Å². The number of aromatic nitrogens is 3. The van der Waals surface area contributed by atoms with Crippen LogP contribution in [0.15, 0.2) is 97.1 Å². The highest BCUT2D eigenvalue weighted by Gasteiger charge is 2.46. The molecule has 2 saturated heterocycles. The van der Waals surface area contributed by atoms with Crippen LogP contribution in [-0.4, -0.2) is 207 Å². The number of imidazole rings is 1. The number of aliphatic hydroxyl groups excluding tert-OH is 8. The van der Waals surface area contributed by atoms with Gasteiger partial charge in [0.05, 0.1) is 49.6 Å². The third-order valence-electron chi connectivity index (χ3n) is 15.5. The molecule has 0 bridgehead atoms. The van der Waals surface area contributed by atoms with E-state index in [9.17, 15) is 74.7 Å². The molecule has 5 amide bonds. The van der Waals surface area contributed by atoms with Crippen molar-refractivity contribution in [3.63, 3.8) is 0 Å². The predicted molar refractivity (Wildman–Crippen MR) is 318 cm³/mol. The summed E-state index contributed by atoms with van der Waals surface area (Å²) in [4.78, 5) is 86.3. The van der Waals surface area contributed by atoms with E-state index in [1.165, 1.54) is 24.3 Å². The standard InChI is InChI=1S/C62H72N8O20/c1-4-5-6-45-66-50-51(39-17-14-37(59(83)84)26-40(39)65-58(50)67-62(85)86-32-35-11-15-38(16-12-35)87-60-56(81)54(79)52(77)43(30-71)89-60)69(45)27-33-7-9-34(10-8-33)28-70(2,3)29-36-13-18-42(88-61-57(82)55(80)53(78)44(31-72)90-61)41(25-36)64-47(74)21-23-63-46(73)22-24-68-48(75)19-20-49(68)76/h7-20,25-26,43-44,52-57,60-61,71-72,77-82H,4-6,21-24,27-32H2,1-3H3,(H3-,63,64,65,67,73,74,83,84,85)/p+1/t43-,44-,52-,53-,54+,55+,56+,57+,60+,61+/m1/s1. The summed E-state index contributed by atoms with van der Waals surface area (Å²) in [5, 5.41) is 100. The van der Waals surface area contributed by atoms with Crippen molar-refractivity contribution in [2.24, 2.45) is 0 Å². The molecule has 90 heavy (non-hydrogen) atoms. The summed E-state index contributed by atoms with van der Waals surface area (Å²) >= 11 is 0. The normalized spacial score (nSPS) is 22.6. The second-order valence-corrected chi connectivity index (χ2v) is 22.8. The van der Waals surface area contributed by atoms with Crippen molar-refractivity contribution in [2.75, 3.05) is 51.0 Å². The average molecular weight is 1250 g/mol. The molecule has 9 rings (SSSR count). The summed E-state index contributed by atoms with van der Waals surface area (Å²) in [5.41, 5.74) is 4.49. The smallest absolute Gasteiger partial charge is 0.413 e. The summed E-state index contributed by atoms with van der Waals surface area (Å²) in [7, 11) is 4.03. The number of amides is 5. The number of aromatic carboxylic acids is 1. The number of nitrogens with one attached hydrogen (secondary N) is 3. The number of carbonyl (C=O) groups is 6. The minimum atomic E-state index is -1.75. The number of pyridine rings is 1. The number of nitrogens with zero attached hydrogens (tertiary/aromatic N) is 5. The highest BCUT2D eigenvalue weighted by molar-refractivity contribution is 6.13. The third-order valence-corrected chi connectivity index (χ3v) is 15.5.